The fourth-order valence-electron chi connectivity index (χ4n) is 1.96. The van der Waals surface area contributed by atoms with Crippen molar-refractivity contribution < 1.29 is 4.79 Å². The molecule has 0 bridgehead atoms. The Labute approximate surface area is 124 Å². The summed E-state index contributed by atoms with van der Waals surface area (Å²) in [5.74, 6) is -0.0734. The van der Waals surface area contributed by atoms with E-state index in [0.29, 0.717) is 5.56 Å². The number of para-hydroxylation sites is 1. The van der Waals surface area contributed by atoms with E-state index in [-0.39, 0.29) is 18.5 Å². The molecule has 106 valence electrons. The van der Waals surface area contributed by atoms with Gasteiger partial charge < -0.3 is 10.6 Å². The molecule has 4 heteroatoms. The first-order valence-electron chi connectivity index (χ1n) is 6.77. The molecule has 21 heavy (non-hydrogen) atoms. The van der Waals surface area contributed by atoms with Crippen molar-refractivity contribution in [2.45, 2.75) is 13.0 Å². The summed E-state index contributed by atoms with van der Waals surface area (Å²) in [6.07, 6.45) is 0. The minimum absolute atomic E-state index is 0.0734. The first-order chi connectivity index (χ1) is 10.2. The number of nitriles is 1. The second-order valence-electron chi connectivity index (χ2n) is 4.74. The van der Waals surface area contributed by atoms with Crippen molar-refractivity contribution in [1.29, 1.82) is 5.26 Å². The van der Waals surface area contributed by atoms with Gasteiger partial charge in [0.2, 0.25) is 5.91 Å². The third kappa shape index (κ3) is 4.36. The van der Waals surface area contributed by atoms with E-state index in [2.05, 4.69) is 16.7 Å². The van der Waals surface area contributed by atoms with Crippen LogP contribution in [0.15, 0.2) is 54.6 Å². The van der Waals surface area contributed by atoms with E-state index in [0.717, 1.165) is 11.3 Å². The van der Waals surface area contributed by atoms with Crippen LogP contribution in [0.3, 0.4) is 0 Å². The van der Waals surface area contributed by atoms with Gasteiger partial charge in [0.25, 0.3) is 0 Å². The Morgan fingerprint density at radius 2 is 1.81 bits per heavy atom. The molecule has 0 aliphatic heterocycles. The second kappa shape index (κ2) is 7.11. The maximum atomic E-state index is 11.9. The van der Waals surface area contributed by atoms with Crippen molar-refractivity contribution >= 4 is 11.6 Å². The molecule has 2 aromatic carbocycles. The van der Waals surface area contributed by atoms with Gasteiger partial charge in [0, 0.05) is 5.69 Å². The number of nitrogens with zero attached hydrogens (tertiary/aromatic N) is 1. The number of nitrogens with one attached hydrogen (secondary N) is 2. The summed E-state index contributed by atoms with van der Waals surface area (Å²) in [7, 11) is 0. The summed E-state index contributed by atoms with van der Waals surface area (Å²) in [6, 6.07) is 18.8. The van der Waals surface area contributed by atoms with Gasteiger partial charge in [0.15, 0.2) is 0 Å². The Hall–Kier alpha value is -2.80. The molecule has 0 spiro atoms. The summed E-state index contributed by atoms with van der Waals surface area (Å²) in [5, 5.41) is 14.7. The van der Waals surface area contributed by atoms with Gasteiger partial charge in [-0.05, 0) is 36.8 Å². The summed E-state index contributed by atoms with van der Waals surface area (Å²) in [4.78, 5) is 11.9. The van der Waals surface area contributed by atoms with Crippen LogP contribution in [0.2, 0.25) is 0 Å². The lowest BCUT2D eigenvalue weighted by Crippen LogP contribution is -2.32. The smallest absolute Gasteiger partial charge is 0.239 e. The Morgan fingerprint density at radius 3 is 2.43 bits per heavy atom. The largest absolute Gasteiger partial charge is 0.376 e. The van der Waals surface area contributed by atoms with E-state index in [4.69, 9.17) is 5.26 Å². The third-order valence-electron chi connectivity index (χ3n) is 3.14. The van der Waals surface area contributed by atoms with Crippen molar-refractivity contribution in [3.8, 4) is 6.07 Å². The van der Waals surface area contributed by atoms with Gasteiger partial charge in [-0.1, -0.05) is 30.3 Å². The quantitative estimate of drug-likeness (QED) is 0.884. The van der Waals surface area contributed by atoms with E-state index < -0.39 is 0 Å². The number of carbonyl (C=O) groups excluding carboxylic acids is 1. The molecule has 0 saturated carbocycles. The number of benzene rings is 2. The van der Waals surface area contributed by atoms with Crippen molar-refractivity contribution in [1.82, 2.24) is 5.32 Å². The third-order valence-corrected chi connectivity index (χ3v) is 3.14. The fraction of sp³-hybridized carbons (Fsp3) is 0.176. The first-order valence-corrected chi connectivity index (χ1v) is 6.77. The normalized spacial score (nSPS) is 11.2. The summed E-state index contributed by atoms with van der Waals surface area (Å²) in [6.45, 7) is 2.15. The Bertz CT molecular complexity index is 629. The van der Waals surface area contributed by atoms with E-state index in [1.54, 1.807) is 12.1 Å². The molecule has 0 aliphatic rings. The summed E-state index contributed by atoms with van der Waals surface area (Å²) < 4.78 is 0. The predicted octanol–water partition coefficient (Wildman–Crippen LogP) is 2.85. The van der Waals surface area contributed by atoms with Crippen LogP contribution in [0.5, 0.6) is 0 Å². The fourth-order valence-corrected chi connectivity index (χ4v) is 1.96. The topological polar surface area (TPSA) is 64.9 Å². The maximum absolute atomic E-state index is 11.9. The van der Waals surface area contributed by atoms with Crippen LogP contribution in [-0.4, -0.2) is 12.5 Å². The van der Waals surface area contributed by atoms with Crippen molar-refractivity contribution in [3.63, 3.8) is 0 Å². The molecule has 0 fully saturated rings. The highest BCUT2D eigenvalue weighted by Gasteiger charge is 2.09. The molecule has 2 N–H and O–H groups in total. The van der Waals surface area contributed by atoms with E-state index in [9.17, 15) is 4.79 Å². The molecule has 2 aromatic rings. The molecule has 0 radical (unpaired) electrons. The number of rotatable bonds is 5. The Kier molecular flexibility index (Phi) is 4.94. The zero-order valence-corrected chi connectivity index (χ0v) is 11.8. The number of carbonyl (C=O) groups is 1. The van der Waals surface area contributed by atoms with Crippen molar-refractivity contribution in [3.05, 3.63) is 65.7 Å². The molecule has 1 atom stereocenters. The molecule has 0 saturated heterocycles. The van der Waals surface area contributed by atoms with Gasteiger partial charge in [-0.25, -0.2) is 0 Å². The van der Waals surface area contributed by atoms with Crippen LogP contribution in [0.25, 0.3) is 0 Å². The van der Waals surface area contributed by atoms with E-state index in [1.807, 2.05) is 49.4 Å². The standard InChI is InChI=1S/C17H17N3O/c1-13(15-9-7-14(11-18)8-10-15)20-17(21)12-19-16-5-3-2-4-6-16/h2-10,13,19H,12H2,1H3,(H,20,21). The van der Waals surface area contributed by atoms with Gasteiger partial charge in [-0.2, -0.15) is 5.26 Å². The molecule has 1 amide bonds. The molecule has 0 aromatic heterocycles. The predicted molar refractivity (Wildman–Crippen MR) is 82.6 cm³/mol. The van der Waals surface area contributed by atoms with Gasteiger partial charge >= 0.3 is 0 Å². The highest BCUT2D eigenvalue weighted by molar-refractivity contribution is 5.81. The number of anilines is 1. The van der Waals surface area contributed by atoms with Crippen molar-refractivity contribution in [2.24, 2.45) is 0 Å². The Balaban J connectivity index is 1.85. The second-order valence-corrected chi connectivity index (χ2v) is 4.74. The number of hydrogen-bond donors (Lipinski definition) is 2. The lowest BCUT2D eigenvalue weighted by Gasteiger charge is -2.15. The van der Waals surface area contributed by atoms with Crippen LogP contribution < -0.4 is 10.6 Å². The van der Waals surface area contributed by atoms with E-state index >= 15 is 0 Å². The lowest BCUT2D eigenvalue weighted by atomic mass is 10.1. The van der Waals surface area contributed by atoms with Gasteiger partial charge in [0.1, 0.15) is 0 Å². The maximum Gasteiger partial charge on any atom is 0.239 e. The molecule has 1 unspecified atom stereocenters. The van der Waals surface area contributed by atoms with Gasteiger partial charge in [0.05, 0.1) is 24.2 Å². The highest BCUT2D eigenvalue weighted by atomic mass is 16.1. The highest BCUT2D eigenvalue weighted by Crippen LogP contribution is 2.13. The molecular formula is C17H17N3O. The molecule has 0 heterocycles. The van der Waals surface area contributed by atoms with E-state index in [1.165, 1.54) is 0 Å². The van der Waals surface area contributed by atoms with Gasteiger partial charge in [-0.15, -0.1) is 0 Å². The first kappa shape index (κ1) is 14.6. The Morgan fingerprint density at radius 1 is 1.14 bits per heavy atom. The lowest BCUT2D eigenvalue weighted by molar-refractivity contribution is -0.120. The SMILES string of the molecule is CC(NC(=O)CNc1ccccc1)c1ccc(C#N)cc1. The molecule has 4 nitrogen and oxygen atoms in total. The number of amides is 1. The van der Waals surface area contributed by atoms with Crippen LogP contribution in [0, 0.1) is 11.3 Å². The van der Waals surface area contributed by atoms with Crippen LogP contribution in [-0.2, 0) is 4.79 Å². The number of hydrogen-bond acceptors (Lipinski definition) is 3. The summed E-state index contributed by atoms with van der Waals surface area (Å²) >= 11 is 0. The minimum atomic E-state index is -0.0946. The van der Waals surface area contributed by atoms with Crippen LogP contribution >= 0.6 is 0 Å². The average Bonchev–Trinajstić information content (AvgIpc) is 2.54. The molecule has 0 aliphatic carbocycles. The van der Waals surface area contributed by atoms with Gasteiger partial charge in [-0.3, -0.25) is 4.79 Å². The molecular weight excluding hydrogens is 262 g/mol. The zero-order chi connectivity index (χ0) is 15.1. The minimum Gasteiger partial charge on any atom is -0.376 e. The molecule has 2 rings (SSSR count). The van der Waals surface area contributed by atoms with Crippen molar-refractivity contribution in [2.75, 3.05) is 11.9 Å². The monoisotopic (exact) mass is 279 g/mol. The van der Waals surface area contributed by atoms with Crippen LogP contribution in [0.1, 0.15) is 24.1 Å². The zero-order valence-electron chi connectivity index (χ0n) is 11.8. The average molecular weight is 279 g/mol. The van der Waals surface area contributed by atoms with Crippen LogP contribution in [0.4, 0.5) is 5.69 Å². The summed E-state index contributed by atoms with van der Waals surface area (Å²) in [5.41, 5.74) is 2.50.